The van der Waals surface area contributed by atoms with Crippen molar-refractivity contribution < 1.29 is 14.0 Å². The predicted molar refractivity (Wildman–Crippen MR) is 75.7 cm³/mol. The van der Waals surface area contributed by atoms with Gasteiger partial charge in [-0.15, -0.1) is 0 Å². The highest BCUT2D eigenvalue weighted by molar-refractivity contribution is 5.92. The van der Waals surface area contributed by atoms with Crippen molar-refractivity contribution >= 4 is 17.5 Å². The molecule has 0 aliphatic heterocycles. The first-order valence-electron chi connectivity index (χ1n) is 6.34. The fourth-order valence-electron chi connectivity index (χ4n) is 1.66. The number of para-hydroxylation sites is 1. The Hall–Kier alpha value is -1.95. The number of carbonyl (C=O) groups excluding carboxylic acids is 2. The molecule has 20 heavy (non-hydrogen) atoms. The Balaban J connectivity index is 2.41. The van der Waals surface area contributed by atoms with Crippen molar-refractivity contribution in [1.82, 2.24) is 10.6 Å². The van der Waals surface area contributed by atoms with E-state index in [1.165, 1.54) is 12.1 Å². The predicted octanol–water partition coefficient (Wildman–Crippen LogP) is 1.13. The second kappa shape index (κ2) is 7.00. The number of carbonyl (C=O) groups is 2. The number of nitrogens with one attached hydrogen (secondary N) is 3. The average molecular weight is 281 g/mol. The third-order valence-electron chi connectivity index (χ3n) is 2.84. The normalized spacial score (nSPS) is 11.0. The maximum Gasteiger partial charge on any atom is 0.238 e. The number of hydrogen-bond acceptors (Lipinski definition) is 3. The lowest BCUT2D eigenvalue weighted by atomic mass is 9.92. The summed E-state index contributed by atoms with van der Waals surface area (Å²) in [5.41, 5.74) is -0.475. The van der Waals surface area contributed by atoms with Crippen molar-refractivity contribution in [2.24, 2.45) is 5.41 Å². The van der Waals surface area contributed by atoms with E-state index in [9.17, 15) is 14.0 Å². The van der Waals surface area contributed by atoms with Crippen molar-refractivity contribution in [3.63, 3.8) is 0 Å². The standard InChI is InChI=1S/C14H20FN3O2/c1-14(2,13(20)16-3)9-17-8-12(19)18-11-7-5-4-6-10(11)15/h4-7,17H,8-9H2,1-3H3,(H,16,20)(H,18,19). The fourth-order valence-corrected chi connectivity index (χ4v) is 1.66. The number of rotatable bonds is 6. The van der Waals surface area contributed by atoms with Gasteiger partial charge in [0.25, 0.3) is 0 Å². The van der Waals surface area contributed by atoms with Crippen LogP contribution in [0.25, 0.3) is 0 Å². The first-order chi connectivity index (χ1) is 9.36. The molecule has 0 aliphatic carbocycles. The summed E-state index contributed by atoms with van der Waals surface area (Å²) in [5.74, 6) is -0.950. The molecule has 0 unspecified atom stereocenters. The number of hydrogen-bond donors (Lipinski definition) is 3. The molecular weight excluding hydrogens is 261 g/mol. The van der Waals surface area contributed by atoms with Crippen LogP contribution in [0.1, 0.15) is 13.8 Å². The van der Waals surface area contributed by atoms with Crippen LogP contribution >= 0.6 is 0 Å². The highest BCUT2D eigenvalue weighted by Gasteiger charge is 2.26. The Morgan fingerprint density at radius 2 is 1.90 bits per heavy atom. The van der Waals surface area contributed by atoms with Crippen LogP contribution in [0.4, 0.5) is 10.1 Å². The highest BCUT2D eigenvalue weighted by Crippen LogP contribution is 2.13. The van der Waals surface area contributed by atoms with Crippen LogP contribution in [0.2, 0.25) is 0 Å². The zero-order chi connectivity index (χ0) is 15.2. The van der Waals surface area contributed by atoms with Crippen LogP contribution in [0, 0.1) is 11.2 Å². The SMILES string of the molecule is CNC(=O)C(C)(C)CNCC(=O)Nc1ccccc1F. The van der Waals surface area contributed by atoms with Gasteiger partial charge in [-0.3, -0.25) is 9.59 Å². The molecule has 1 aromatic carbocycles. The van der Waals surface area contributed by atoms with E-state index in [1.54, 1.807) is 33.0 Å². The molecule has 0 bridgehead atoms. The molecule has 110 valence electrons. The molecule has 3 N–H and O–H groups in total. The van der Waals surface area contributed by atoms with E-state index in [-0.39, 0.29) is 24.0 Å². The van der Waals surface area contributed by atoms with E-state index in [2.05, 4.69) is 16.0 Å². The molecule has 0 saturated heterocycles. The van der Waals surface area contributed by atoms with Crippen LogP contribution in [-0.4, -0.2) is 32.0 Å². The van der Waals surface area contributed by atoms with E-state index in [0.717, 1.165) is 0 Å². The van der Waals surface area contributed by atoms with Crippen LogP contribution in [0.3, 0.4) is 0 Å². The quantitative estimate of drug-likeness (QED) is 0.732. The zero-order valence-corrected chi connectivity index (χ0v) is 11.9. The molecule has 0 aliphatic rings. The summed E-state index contributed by atoms with van der Waals surface area (Å²) in [6.07, 6.45) is 0. The van der Waals surface area contributed by atoms with E-state index < -0.39 is 11.2 Å². The molecule has 0 atom stereocenters. The molecule has 0 saturated carbocycles. The fraction of sp³-hybridized carbons (Fsp3) is 0.429. The molecule has 2 amide bonds. The Morgan fingerprint density at radius 1 is 1.25 bits per heavy atom. The van der Waals surface area contributed by atoms with Crippen molar-refractivity contribution in [3.8, 4) is 0 Å². The molecule has 6 heteroatoms. The first kappa shape index (κ1) is 16.1. The lowest BCUT2D eigenvalue weighted by molar-refractivity contribution is -0.128. The van der Waals surface area contributed by atoms with Crippen LogP contribution in [-0.2, 0) is 9.59 Å². The molecular formula is C14H20FN3O2. The minimum Gasteiger partial charge on any atom is -0.359 e. The van der Waals surface area contributed by atoms with Gasteiger partial charge in [-0.1, -0.05) is 12.1 Å². The summed E-state index contributed by atoms with van der Waals surface area (Å²) in [6, 6.07) is 5.95. The lowest BCUT2D eigenvalue weighted by Crippen LogP contribution is -2.43. The van der Waals surface area contributed by atoms with Crippen molar-refractivity contribution in [3.05, 3.63) is 30.1 Å². The van der Waals surface area contributed by atoms with Crippen LogP contribution in [0.15, 0.2) is 24.3 Å². The van der Waals surface area contributed by atoms with Gasteiger partial charge in [-0.05, 0) is 26.0 Å². The topological polar surface area (TPSA) is 70.2 Å². The second-order valence-electron chi connectivity index (χ2n) is 5.09. The number of halogens is 1. The van der Waals surface area contributed by atoms with Gasteiger partial charge in [0.15, 0.2) is 0 Å². The second-order valence-corrected chi connectivity index (χ2v) is 5.09. The number of amides is 2. The molecule has 0 aromatic heterocycles. The van der Waals surface area contributed by atoms with Crippen LogP contribution < -0.4 is 16.0 Å². The van der Waals surface area contributed by atoms with Gasteiger partial charge in [-0.25, -0.2) is 4.39 Å². The van der Waals surface area contributed by atoms with Gasteiger partial charge < -0.3 is 16.0 Å². The minimum absolute atomic E-state index is 0.00869. The third kappa shape index (κ3) is 4.62. The smallest absolute Gasteiger partial charge is 0.238 e. The van der Waals surface area contributed by atoms with Gasteiger partial charge in [0, 0.05) is 13.6 Å². The van der Waals surface area contributed by atoms with Gasteiger partial charge in [0.1, 0.15) is 5.82 Å². The minimum atomic E-state index is -0.618. The maximum absolute atomic E-state index is 13.3. The summed E-state index contributed by atoms with van der Waals surface area (Å²) < 4.78 is 13.3. The van der Waals surface area contributed by atoms with E-state index in [0.29, 0.717) is 6.54 Å². The lowest BCUT2D eigenvalue weighted by Gasteiger charge is -2.22. The highest BCUT2D eigenvalue weighted by atomic mass is 19.1. The molecule has 0 heterocycles. The van der Waals surface area contributed by atoms with Crippen molar-refractivity contribution in [2.45, 2.75) is 13.8 Å². The summed E-state index contributed by atoms with van der Waals surface area (Å²) in [4.78, 5) is 23.2. The zero-order valence-electron chi connectivity index (χ0n) is 11.9. The third-order valence-corrected chi connectivity index (χ3v) is 2.84. The Labute approximate surface area is 117 Å². The summed E-state index contributed by atoms with van der Waals surface area (Å²) in [6.45, 7) is 3.90. The average Bonchev–Trinajstić information content (AvgIpc) is 2.40. The van der Waals surface area contributed by atoms with Gasteiger partial charge in [0.05, 0.1) is 17.6 Å². The number of anilines is 1. The van der Waals surface area contributed by atoms with E-state index in [4.69, 9.17) is 0 Å². The summed E-state index contributed by atoms with van der Waals surface area (Å²) in [7, 11) is 1.56. The molecule has 1 rings (SSSR count). The monoisotopic (exact) mass is 281 g/mol. The Kier molecular flexibility index (Phi) is 5.64. The van der Waals surface area contributed by atoms with Crippen molar-refractivity contribution in [2.75, 3.05) is 25.5 Å². The van der Waals surface area contributed by atoms with Crippen molar-refractivity contribution in [1.29, 1.82) is 0 Å². The van der Waals surface area contributed by atoms with Crippen LogP contribution in [0.5, 0.6) is 0 Å². The largest absolute Gasteiger partial charge is 0.359 e. The maximum atomic E-state index is 13.3. The Morgan fingerprint density at radius 3 is 2.50 bits per heavy atom. The van der Waals surface area contributed by atoms with E-state index in [1.807, 2.05) is 0 Å². The molecule has 0 radical (unpaired) electrons. The Bertz CT molecular complexity index is 489. The molecule has 1 aromatic rings. The van der Waals surface area contributed by atoms with Gasteiger partial charge in [-0.2, -0.15) is 0 Å². The first-order valence-corrected chi connectivity index (χ1v) is 6.34. The number of benzene rings is 1. The summed E-state index contributed by atoms with van der Waals surface area (Å²) >= 11 is 0. The molecule has 0 fully saturated rings. The summed E-state index contributed by atoms with van der Waals surface area (Å²) in [5, 5.41) is 7.91. The van der Waals surface area contributed by atoms with Gasteiger partial charge >= 0.3 is 0 Å². The van der Waals surface area contributed by atoms with Gasteiger partial charge in [0.2, 0.25) is 11.8 Å². The van der Waals surface area contributed by atoms with E-state index >= 15 is 0 Å². The molecule has 0 spiro atoms. The molecule has 5 nitrogen and oxygen atoms in total.